The molecule has 3 N–H and O–H groups in total. The van der Waals surface area contributed by atoms with E-state index in [0.29, 0.717) is 18.6 Å². The molecule has 1 aromatic heterocycles. The zero-order valence-corrected chi connectivity index (χ0v) is 14.9. The highest BCUT2D eigenvalue weighted by Crippen LogP contribution is 2.33. The van der Waals surface area contributed by atoms with Crippen molar-refractivity contribution in [2.75, 3.05) is 26.1 Å². The molecule has 2 rings (SSSR count). The van der Waals surface area contributed by atoms with E-state index < -0.39 is 26.6 Å². The van der Waals surface area contributed by atoms with Crippen LogP contribution in [0.5, 0.6) is 0 Å². The van der Waals surface area contributed by atoms with Crippen LogP contribution in [0.1, 0.15) is 31.6 Å². The Labute approximate surface area is 141 Å². The van der Waals surface area contributed by atoms with Crippen molar-refractivity contribution in [2.24, 2.45) is 0 Å². The summed E-state index contributed by atoms with van der Waals surface area (Å²) < 4.78 is 23.2. The molecule has 0 bridgehead atoms. The van der Waals surface area contributed by atoms with Gasteiger partial charge < -0.3 is 29.1 Å². The van der Waals surface area contributed by atoms with Gasteiger partial charge >= 0.3 is 14.3 Å². The second kappa shape index (κ2) is 8.84. The van der Waals surface area contributed by atoms with Gasteiger partial charge in [-0.1, -0.05) is 6.92 Å². The maximum atomic E-state index is 12.3. The molecule has 0 saturated carbocycles. The number of anilines is 1. The van der Waals surface area contributed by atoms with Crippen molar-refractivity contribution < 1.29 is 23.4 Å². The topological polar surface area (TPSA) is 118 Å². The first-order valence-corrected chi connectivity index (χ1v) is 8.87. The predicted molar refractivity (Wildman–Crippen MR) is 88.3 cm³/mol. The van der Waals surface area contributed by atoms with E-state index in [9.17, 15) is 9.69 Å². The largest absolute Gasteiger partial charge is 0.383 e. The summed E-state index contributed by atoms with van der Waals surface area (Å²) >= 11 is 0. The monoisotopic (exact) mass is 361 g/mol. The third kappa shape index (κ3) is 4.72. The van der Waals surface area contributed by atoms with E-state index >= 15 is 0 Å². The Balaban J connectivity index is 2.30. The van der Waals surface area contributed by atoms with Crippen LogP contribution < -0.4 is 11.4 Å². The van der Waals surface area contributed by atoms with Gasteiger partial charge in [0.25, 0.3) is 0 Å². The molecular weight excluding hydrogens is 337 g/mol. The highest BCUT2D eigenvalue weighted by Gasteiger charge is 2.32. The third-order valence-electron chi connectivity index (χ3n) is 3.83. The summed E-state index contributed by atoms with van der Waals surface area (Å²) in [7, 11) is -0.646. The highest BCUT2D eigenvalue weighted by molar-refractivity contribution is 7.40. The molecule has 1 aliphatic rings. The number of rotatable bonds is 6. The molecule has 1 fully saturated rings. The molecule has 1 aliphatic heterocycles. The Morgan fingerprint density at radius 2 is 2.33 bits per heavy atom. The van der Waals surface area contributed by atoms with Crippen molar-refractivity contribution in [1.29, 1.82) is 0 Å². The fourth-order valence-corrected chi connectivity index (χ4v) is 2.79. The van der Waals surface area contributed by atoms with Gasteiger partial charge in [-0.05, 0) is 19.8 Å². The van der Waals surface area contributed by atoms with Gasteiger partial charge in [-0.2, -0.15) is 4.98 Å². The van der Waals surface area contributed by atoms with E-state index in [1.54, 1.807) is 13.1 Å². The van der Waals surface area contributed by atoms with Crippen LogP contribution in [0.3, 0.4) is 0 Å². The number of nitrogens with zero attached hydrogens (tertiary/aromatic N) is 2. The number of nitrogen functional groups attached to an aromatic ring is 1. The lowest BCUT2D eigenvalue weighted by molar-refractivity contribution is -0.117. The van der Waals surface area contributed by atoms with E-state index in [1.165, 1.54) is 11.7 Å². The predicted octanol–water partition coefficient (Wildman–Crippen LogP) is 1.10. The lowest BCUT2D eigenvalue weighted by Crippen LogP contribution is -2.39. The zero-order chi connectivity index (χ0) is 17.7. The Hall–Kier alpha value is -1.09. The number of aromatic nitrogens is 2. The van der Waals surface area contributed by atoms with Crippen LogP contribution in [0, 0.1) is 6.92 Å². The van der Waals surface area contributed by atoms with E-state index in [-0.39, 0.29) is 18.5 Å². The van der Waals surface area contributed by atoms with Gasteiger partial charge in [0.05, 0.1) is 12.7 Å². The minimum atomic E-state index is -1.99. The quantitative estimate of drug-likeness (QED) is 0.723. The number of aryl methyl sites for hydroxylation is 1. The molecule has 0 amide bonds. The molecule has 4 atom stereocenters. The molecule has 24 heavy (non-hydrogen) atoms. The summed E-state index contributed by atoms with van der Waals surface area (Å²) in [5, 5.41) is 0. The number of ether oxygens (including phenoxy) is 2. The molecule has 0 aliphatic carbocycles. The van der Waals surface area contributed by atoms with Crippen molar-refractivity contribution >= 4 is 14.4 Å². The molecule has 136 valence electrons. The van der Waals surface area contributed by atoms with E-state index in [1.807, 2.05) is 6.92 Å². The van der Waals surface area contributed by atoms with E-state index in [2.05, 4.69) is 4.98 Å². The van der Waals surface area contributed by atoms with Gasteiger partial charge in [0.2, 0.25) is 0 Å². The maximum Gasteiger partial charge on any atom is 0.351 e. The van der Waals surface area contributed by atoms with E-state index in [4.69, 9.17) is 24.3 Å². The van der Waals surface area contributed by atoms with Crippen LogP contribution in [0.2, 0.25) is 0 Å². The first-order valence-electron chi connectivity index (χ1n) is 7.74. The summed E-state index contributed by atoms with van der Waals surface area (Å²) in [5.74, 6) is 0.184. The Kier molecular flexibility index (Phi) is 7.09. The minimum Gasteiger partial charge on any atom is -0.383 e. The highest BCUT2D eigenvalue weighted by atomic mass is 31.2. The van der Waals surface area contributed by atoms with Crippen LogP contribution in [-0.4, -0.2) is 47.0 Å². The molecular formula is C14H24N3O6P. The third-order valence-corrected chi connectivity index (χ3v) is 4.51. The fourth-order valence-electron chi connectivity index (χ4n) is 2.41. The molecule has 0 radical (unpaired) electrons. The van der Waals surface area contributed by atoms with Crippen molar-refractivity contribution in [2.45, 2.75) is 45.1 Å². The SMILES string of the molecule is CCC1CCOC(COP(O)OC)[C@H](n2cc(C)c(N)nc2=O)O1. The van der Waals surface area contributed by atoms with Crippen molar-refractivity contribution in [3.8, 4) is 0 Å². The summed E-state index contributed by atoms with van der Waals surface area (Å²) in [6.07, 6.45) is 1.73. The lowest BCUT2D eigenvalue weighted by atomic mass is 10.2. The maximum absolute atomic E-state index is 12.3. The second-order valence-electron chi connectivity index (χ2n) is 5.47. The number of nitrogens with two attached hydrogens (primary N) is 1. The minimum absolute atomic E-state index is 0.0208. The molecule has 10 heteroatoms. The summed E-state index contributed by atoms with van der Waals surface area (Å²) in [6, 6.07) is 0. The van der Waals surface area contributed by atoms with Gasteiger partial charge in [0.15, 0.2) is 6.23 Å². The average molecular weight is 361 g/mol. The van der Waals surface area contributed by atoms with Gasteiger partial charge in [-0.25, -0.2) is 4.79 Å². The molecule has 9 nitrogen and oxygen atoms in total. The standard InChI is InChI=1S/C14H24N3O6P/c1-4-10-5-6-21-11(8-22-24(19)20-3)13(23-10)17-7-9(2)12(15)16-14(17)18/h7,10-11,13,19H,4-6,8H2,1-3H3,(H2,15,16,18)/t10?,11?,13-,24?/m1/s1. The smallest absolute Gasteiger partial charge is 0.351 e. The van der Waals surface area contributed by atoms with Crippen molar-refractivity contribution in [3.05, 3.63) is 22.2 Å². The van der Waals surface area contributed by atoms with Crippen molar-refractivity contribution in [3.63, 3.8) is 0 Å². The first kappa shape index (κ1) is 19.2. The van der Waals surface area contributed by atoms with Gasteiger partial charge in [0, 0.05) is 25.5 Å². The van der Waals surface area contributed by atoms with E-state index in [0.717, 1.165) is 6.42 Å². The summed E-state index contributed by atoms with van der Waals surface area (Å²) in [6.45, 7) is 4.25. The van der Waals surface area contributed by atoms with Crippen LogP contribution in [-0.2, 0) is 18.5 Å². The zero-order valence-electron chi connectivity index (χ0n) is 14.0. The van der Waals surface area contributed by atoms with Crippen LogP contribution in [0.4, 0.5) is 5.82 Å². The molecule has 2 heterocycles. The molecule has 0 spiro atoms. The number of hydrogen-bond donors (Lipinski definition) is 2. The van der Waals surface area contributed by atoms with Crippen LogP contribution >= 0.6 is 8.60 Å². The number of hydrogen-bond acceptors (Lipinski definition) is 8. The molecule has 1 aromatic rings. The lowest BCUT2D eigenvalue weighted by Gasteiger charge is -2.28. The van der Waals surface area contributed by atoms with Crippen LogP contribution in [0.15, 0.2) is 11.0 Å². The average Bonchev–Trinajstić information content (AvgIpc) is 2.78. The summed E-state index contributed by atoms with van der Waals surface area (Å²) in [4.78, 5) is 25.6. The Morgan fingerprint density at radius 1 is 1.58 bits per heavy atom. The molecule has 0 aromatic carbocycles. The van der Waals surface area contributed by atoms with Crippen molar-refractivity contribution in [1.82, 2.24) is 9.55 Å². The second-order valence-corrected chi connectivity index (χ2v) is 6.57. The molecule has 3 unspecified atom stereocenters. The molecule has 1 saturated heterocycles. The first-order chi connectivity index (χ1) is 11.5. The Morgan fingerprint density at radius 3 is 3.00 bits per heavy atom. The Bertz CT molecular complexity index is 598. The van der Waals surface area contributed by atoms with Gasteiger partial charge in [-0.3, -0.25) is 4.57 Å². The van der Waals surface area contributed by atoms with Gasteiger partial charge in [0.1, 0.15) is 11.9 Å². The summed E-state index contributed by atoms with van der Waals surface area (Å²) in [5.41, 5.74) is 5.83. The fraction of sp³-hybridized carbons (Fsp3) is 0.714. The normalized spacial score (nSPS) is 26.1. The van der Waals surface area contributed by atoms with Gasteiger partial charge in [-0.15, -0.1) is 0 Å². The van der Waals surface area contributed by atoms with Crippen LogP contribution in [0.25, 0.3) is 0 Å².